The van der Waals surface area contributed by atoms with Crippen molar-refractivity contribution in [3.63, 3.8) is 0 Å². The molecule has 10 heteroatoms. The Balaban J connectivity index is 1.93. The largest absolute Gasteiger partial charge is 0.296 e. The second kappa shape index (κ2) is 10.0. The van der Waals surface area contributed by atoms with E-state index in [1.807, 2.05) is 6.92 Å². The van der Waals surface area contributed by atoms with E-state index in [-0.39, 0.29) is 22.0 Å². The number of hydrogen-bond donors (Lipinski definition) is 1. The van der Waals surface area contributed by atoms with E-state index in [1.165, 1.54) is 39.9 Å². The number of nitrogens with one attached hydrogen (secondary N) is 1. The molecule has 0 saturated carbocycles. The fourth-order valence-corrected chi connectivity index (χ4v) is 5.58. The predicted octanol–water partition coefficient (Wildman–Crippen LogP) is 4.78. The standard InChI is InChI=1S/C21H21ClN4O3S2/c1-3-8-19-24-25-21(30-19)23-20(27)15-11-12-17(22)18(14-15)31(28,29)26(13-4-2)16-9-6-5-7-10-16/h4-7,9-12,14H,2-3,8,13H2,1H3,(H,23,25,27). The summed E-state index contributed by atoms with van der Waals surface area (Å²) < 4.78 is 28.0. The van der Waals surface area contributed by atoms with Gasteiger partial charge in [-0.2, -0.15) is 0 Å². The van der Waals surface area contributed by atoms with E-state index in [4.69, 9.17) is 11.6 Å². The van der Waals surface area contributed by atoms with Crippen molar-refractivity contribution in [2.75, 3.05) is 16.2 Å². The lowest BCUT2D eigenvalue weighted by molar-refractivity contribution is 0.102. The molecule has 0 aliphatic rings. The lowest BCUT2D eigenvalue weighted by Gasteiger charge is -2.24. The third kappa shape index (κ3) is 5.30. The van der Waals surface area contributed by atoms with Gasteiger partial charge in [-0.25, -0.2) is 8.42 Å². The molecular formula is C21H21ClN4O3S2. The number of para-hydroxylation sites is 1. The van der Waals surface area contributed by atoms with Crippen LogP contribution in [0.3, 0.4) is 0 Å². The molecule has 0 spiro atoms. The molecule has 162 valence electrons. The van der Waals surface area contributed by atoms with Gasteiger partial charge in [-0.05, 0) is 36.8 Å². The van der Waals surface area contributed by atoms with Crippen molar-refractivity contribution in [3.8, 4) is 0 Å². The van der Waals surface area contributed by atoms with E-state index in [0.29, 0.717) is 10.8 Å². The lowest BCUT2D eigenvalue weighted by Crippen LogP contribution is -2.31. The number of nitrogens with zero attached hydrogens (tertiary/aromatic N) is 3. The summed E-state index contributed by atoms with van der Waals surface area (Å²) in [7, 11) is -4.05. The molecule has 0 atom stereocenters. The van der Waals surface area contributed by atoms with E-state index in [9.17, 15) is 13.2 Å². The predicted molar refractivity (Wildman–Crippen MR) is 124 cm³/mol. The van der Waals surface area contributed by atoms with E-state index in [2.05, 4.69) is 22.1 Å². The Morgan fingerprint density at radius 3 is 2.65 bits per heavy atom. The number of halogens is 1. The number of sulfonamides is 1. The molecule has 0 aliphatic heterocycles. The molecule has 0 radical (unpaired) electrons. The van der Waals surface area contributed by atoms with Crippen LogP contribution in [0.15, 0.2) is 66.1 Å². The van der Waals surface area contributed by atoms with Gasteiger partial charge in [-0.1, -0.05) is 54.1 Å². The number of amides is 1. The Morgan fingerprint density at radius 1 is 1.23 bits per heavy atom. The number of rotatable bonds is 9. The Kier molecular flexibility index (Phi) is 7.42. The molecule has 0 fully saturated rings. The van der Waals surface area contributed by atoms with Crippen LogP contribution in [0.1, 0.15) is 28.7 Å². The topological polar surface area (TPSA) is 92.3 Å². The number of carbonyl (C=O) groups excluding carboxylic acids is 1. The first-order chi connectivity index (χ1) is 14.9. The summed E-state index contributed by atoms with van der Waals surface area (Å²) >= 11 is 7.52. The minimum Gasteiger partial charge on any atom is -0.296 e. The normalized spacial score (nSPS) is 11.2. The number of benzene rings is 2. The third-order valence-corrected chi connectivity index (χ3v) is 7.43. The quantitative estimate of drug-likeness (QED) is 0.449. The van der Waals surface area contributed by atoms with Crippen molar-refractivity contribution < 1.29 is 13.2 Å². The molecule has 0 bridgehead atoms. The minimum absolute atomic E-state index is 0.0164. The van der Waals surface area contributed by atoms with E-state index in [0.717, 1.165) is 17.8 Å². The first kappa shape index (κ1) is 22.9. The number of hydrogen-bond acceptors (Lipinski definition) is 6. The fraction of sp³-hybridized carbons (Fsp3) is 0.190. The van der Waals surface area contributed by atoms with Gasteiger partial charge >= 0.3 is 0 Å². The zero-order valence-corrected chi connectivity index (χ0v) is 19.2. The summed E-state index contributed by atoms with van der Waals surface area (Å²) in [6.45, 7) is 5.72. The van der Waals surface area contributed by atoms with Crippen LogP contribution in [-0.4, -0.2) is 31.1 Å². The molecule has 0 saturated heterocycles. The summed E-state index contributed by atoms with van der Waals surface area (Å²) in [5.41, 5.74) is 0.604. The number of aromatic nitrogens is 2. The summed E-state index contributed by atoms with van der Waals surface area (Å²) in [5, 5.41) is 11.8. The van der Waals surface area contributed by atoms with Crippen LogP contribution < -0.4 is 9.62 Å². The molecule has 0 aliphatic carbocycles. The number of carbonyl (C=O) groups is 1. The van der Waals surface area contributed by atoms with E-state index in [1.54, 1.807) is 30.3 Å². The van der Waals surface area contributed by atoms with Gasteiger partial charge in [-0.3, -0.25) is 14.4 Å². The summed E-state index contributed by atoms with van der Waals surface area (Å²) in [4.78, 5) is 12.5. The molecule has 7 nitrogen and oxygen atoms in total. The van der Waals surface area contributed by atoms with Gasteiger partial charge in [0.1, 0.15) is 9.90 Å². The Hall–Kier alpha value is -2.75. The first-order valence-electron chi connectivity index (χ1n) is 9.48. The number of anilines is 2. The van der Waals surface area contributed by atoms with Gasteiger partial charge < -0.3 is 0 Å². The van der Waals surface area contributed by atoms with E-state index >= 15 is 0 Å². The second-order valence-electron chi connectivity index (χ2n) is 6.51. The minimum atomic E-state index is -4.05. The van der Waals surface area contributed by atoms with Crippen LogP contribution in [0.2, 0.25) is 5.02 Å². The van der Waals surface area contributed by atoms with Crippen molar-refractivity contribution in [3.05, 3.63) is 76.8 Å². The summed E-state index contributed by atoms with van der Waals surface area (Å²) in [5.74, 6) is -0.498. The number of aryl methyl sites for hydroxylation is 1. The first-order valence-corrected chi connectivity index (χ1v) is 12.1. The van der Waals surface area contributed by atoms with Gasteiger partial charge in [0.05, 0.1) is 17.3 Å². The third-order valence-electron chi connectivity index (χ3n) is 4.25. The van der Waals surface area contributed by atoms with Gasteiger partial charge in [0.25, 0.3) is 15.9 Å². The molecule has 1 aromatic heterocycles. The maximum Gasteiger partial charge on any atom is 0.266 e. The highest BCUT2D eigenvalue weighted by atomic mass is 35.5. The molecule has 3 aromatic rings. The Bertz CT molecular complexity index is 1180. The average molecular weight is 477 g/mol. The molecule has 1 N–H and O–H groups in total. The van der Waals surface area contributed by atoms with Crippen LogP contribution in [0, 0.1) is 0 Å². The SMILES string of the molecule is C=CCN(c1ccccc1)S(=O)(=O)c1cc(C(=O)Nc2nnc(CCC)s2)ccc1Cl. The van der Waals surface area contributed by atoms with Crippen LogP contribution >= 0.6 is 22.9 Å². The molecule has 1 amide bonds. The van der Waals surface area contributed by atoms with Crippen molar-refractivity contribution in [1.82, 2.24) is 10.2 Å². The smallest absolute Gasteiger partial charge is 0.266 e. The fourth-order valence-electron chi connectivity index (χ4n) is 2.80. The monoisotopic (exact) mass is 476 g/mol. The van der Waals surface area contributed by atoms with Crippen molar-refractivity contribution >= 4 is 49.7 Å². The van der Waals surface area contributed by atoms with Gasteiger partial charge in [0.2, 0.25) is 5.13 Å². The van der Waals surface area contributed by atoms with Crippen LogP contribution in [0.5, 0.6) is 0 Å². The highest BCUT2D eigenvalue weighted by molar-refractivity contribution is 7.93. The molecule has 31 heavy (non-hydrogen) atoms. The zero-order chi connectivity index (χ0) is 22.4. The zero-order valence-electron chi connectivity index (χ0n) is 16.8. The lowest BCUT2D eigenvalue weighted by atomic mass is 10.2. The van der Waals surface area contributed by atoms with E-state index < -0.39 is 15.9 Å². The Morgan fingerprint density at radius 2 is 1.97 bits per heavy atom. The second-order valence-corrected chi connectivity index (χ2v) is 9.81. The molecule has 0 unspecified atom stereocenters. The molecule has 2 aromatic carbocycles. The van der Waals surface area contributed by atoms with Crippen molar-refractivity contribution in [2.24, 2.45) is 0 Å². The maximum absolute atomic E-state index is 13.4. The highest BCUT2D eigenvalue weighted by Gasteiger charge is 2.27. The van der Waals surface area contributed by atoms with Crippen molar-refractivity contribution in [1.29, 1.82) is 0 Å². The molecule has 3 rings (SSSR count). The summed E-state index contributed by atoms with van der Waals surface area (Å²) in [6, 6.07) is 12.7. The maximum atomic E-state index is 13.4. The van der Waals surface area contributed by atoms with Crippen LogP contribution in [0.4, 0.5) is 10.8 Å². The molecule has 1 heterocycles. The average Bonchev–Trinajstić information content (AvgIpc) is 3.19. The van der Waals surface area contributed by atoms with Gasteiger partial charge in [0.15, 0.2) is 0 Å². The van der Waals surface area contributed by atoms with Crippen molar-refractivity contribution in [2.45, 2.75) is 24.7 Å². The van der Waals surface area contributed by atoms with Crippen LogP contribution in [-0.2, 0) is 16.4 Å². The van der Waals surface area contributed by atoms with Gasteiger partial charge in [0, 0.05) is 12.0 Å². The Labute approximate surface area is 190 Å². The van der Waals surface area contributed by atoms with Crippen LogP contribution in [0.25, 0.3) is 0 Å². The molecular weight excluding hydrogens is 456 g/mol. The summed E-state index contributed by atoms with van der Waals surface area (Å²) in [6.07, 6.45) is 3.18. The highest BCUT2D eigenvalue weighted by Crippen LogP contribution is 2.30. The van der Waals surface area contributed by atoms with Gasteiger partial charge in [-0.15, -0.1) is 16.8 Å².